The Kier molecular flexibility index (Phi) is 3.68. The molecule has 0 amide bonds. The molecule has 1 aromatic carbocycles. The van der Waals surface area contributed by atoms with Gasteiger partial charge in [0, 0.05) is 12.4 Å². The zero-order valence-electron chi connectivity index (χ0n) is 12.6. The third kappa shape index (κ3) is 2.56. The van der Waals surface area contributed by atoms with Crippen LogP contribution in [-0.2, 0) is 9.47 Å². The number of methoxy groups -OCH3 is 1. The molecule has 4 rings (SSSR count). The van der Waals surface area contributed by atoms with E-state index in [1.165, 1.54) is 0 Å². The lowest BCUT2D eigenvalue weighted by molar-refractivity contribution is -0.190. The molecule has 1 N–H and O–H groups in total. The molecule has 1 aromatic heterocycles. The molecule has 0 saturated carbocycles. The summed E-state index contributed by atoms with van der Waals surface area (Å²) < 4.78 is 24.4. The number of fused-ring (bicyclic) bond motifs is 2. The van der Waals surface area contributed by atoms with E-state index in [0.29, 0.717) is 12.4 Å². The van der Waals surface area contributed by atoms with Crippen LogP contribution in [0.4, 0.5) is 0 Å². The molecule has 2 aliphatic heterocycles. The summed E-state index contributed by atoms with van der Waals surface area (Å²) in [6.45, 7) is 0.397. The van der Waals surface area contributed by atoms with Crippen molar-refractivity contribution in [2.45, 2.75) is 30.6 Å². The lowest BCUT2D eigenvalue weighted by Crippen LogP contribution is -2.53. The Labute approximate surface area is 133 Å². The van der Waals surface area contributed by atoms with E-state index in [4.69, 9.17) is 18.9 Å². The number of benzene rings is 1. The van der Waals surface area contributed by atoms with Crippen molar-refractivity contribution in [1.82, 2.24) is 9.55 Å². The molecule has 0 spiro atoms. The standard InChI is InChI=1S/C16H18N2O5/c1-20-10-2-4-11(5-3-10)22-15-12-8-21-16(23-12)13(14(15)19)18-7-6-17-9-18/h2-7,9,12-16,19H,8H2,1H3/t12-,13-,14-,15-,16-/m1/s1. The van der Waals surface area contributed by atoms with Crippen LogP contribution in [0.15, 0.2) is 43.0 Å². The minimum absolute atomic E-state index is 0.295. The van der Waals surface area contributed by atoms with Crippen molar-refractivity contribution in [1.29, 1.82) is 0 Å². The first-order valence-corrected chi connectivity index (χ1v) is 7.49. The van der Waals surface area contributed by atoms with Crippen LogP contribution < -0.4 is 9.47 Å². The van der Waals surface area contributed by atoms with Gasteiger partial charge in [-0.1, -0.05) is 0 Å². The number of imidazole rings is 1. The topological polar surface area (TPSA) is 75.0 Å². The molecule has 2 aromatic rings. The highest BCUT2D eigenvalue weighted by Crippen LogP contribution is 2.37. The predicted molar refractivity (Wildman–Crippen MR) is 79.3 cm³/mol. The van der Waals surface area contributed by atoms with Crippen molar-refractivity contribution in [2.24, 2.45) is 0 Å². The van der Waals surface area contributed by atoms with Gasteiger partial charge in [-0.15, -0.1) is 0 Å². The highest BCUT2D eigenvalue weighted by Gasteiger charge is 2.52. The van der Waals surface area contributed by atoms with E-state index < -0.39 is 18.5 Å². The molecule has 122 valence electrons. The molecular weight excluding hydrogens is 300 g/mol. The van der Waals surface area contributed by atoms with Crippen LogP contribution in [0.1, 0.15) is 6.04 Å². The number of nitrogens with zero attached hydrogens (tertiary/aromatic N) is 2. The van der Waals surface area contributed by atoms with E-state index in [0.717, 1.165) is 5.75 Å². The van der Waals surface area contributed by atoms with E-state index in [2.05, 4.69) is 4.98 Å². The average molecular weight is 318 g/mol. The quantitative estimate of drug-likeness (QED) is 0.906. The molecule has 0 radical (unpaired) electrons. The highest BCUT2D eigenvalue weighted by molar-refractivity contribution is 5.31. The second-order valence-corrected chi connectivity index (χ2v) is 5.63. The van der Waals surface area contributed by atoms with Crippen LogP contribution in [0.5, 0.6) is 11.5 Å². The molecule has 0 unspecified atom stereocenters. The van der Waals surface area contributed by atoms with E-state index in [9.17, 15) is 5.11 Å². The van der Waals surface area contributed by atoms with Crippen LogP contribution >= 0.6 is 0 Å². The molecule has 5 atom stereocenters. The Morgan fingerprint density at radius 2 is 2.04 bits per heavy atom. The summed E-state index contributed by atoms with van der Waals surface area (Å²) in [5, 5.41) is 10.8. The number of aliphatic hydroxyl groups excluding tert-OH is 1. The van der Waals surface area contributed by atoms with Crippen LogP contribution in [0.2, 0.25) is 0 Å². The SMILES string of the molecule is COc1ccc(O[C@H]2[C@H](O)[C@@H](n3ccnc3)[C@@H]3OC[C@H]2O3)cc1. The van der Waals surface area contributed by atoms with Gasteiger partial charge in [0.2, 0.25) is 0 Å². The van der Waals surface area contributed by atoms with Crippen LogP contribution in [-0.4, -0.2) is 53.0 Å². The van der Waals surface area contributed by atoms with Crippen molar-refractivity contribution in [3.05, 3.63) is 43.0 Å². The number of aliphatic hydroxyl groups is 1. The third-order valence-corrected chi connectivity index (χ3v) is 4.27. The lowest BCUT2D eigenvalue weighted by Gasteiger charge is -2.38. The Bertz CT molecular complexity index is 645. The lowest BCUT2D eigenvalue weighted by atomic mass is 9.98. The summed E-state index contributed by atoms with van der Waals surface area (Å²) in [5.74, 6) is 1.39. The number of hydrogen-bond acceptors (Lipinski definition) is 6. The maximum atomic E-state index is 10.8. The first kappa shape index (κ1) is 14.5. The summed E-state index contributed by atoms with van der Waals surface area (Å²) in [6.07, 6.45) is 3.02. The fraction of sp³-hybridized carbons (Fsp3) is 0.438. The Balaban J connectivity index is 1.57. The molecule has 2 aliphatic rings. The maximum Gasteiger partial charge on any atom is 0.181 e. The fourth-order valence-electron chi connectivity index (χ4n) is 3.09. The van der Waals surface area contributed by atoms with Crippen molar-refractivity contribution < 1.29 is 24.1 Å². The molecule has 2 saturated heterocycles. The summed E-state index contributed by atoms with van der Waals surface area (Å²) in [5.41, 5.74) is 0. The summed E-state index contributed by atoms with van der Waals surface area (Å²) >= 11 is 0. The predicted octanol–water partition coefficient (Wildman–Crippen LogP) is 0.996. The van der Waals surface area contributed by atoms with Gasteiger partial charge >= 0.3 is 0 Å². The zero-order valence-corrected chi connectivity index (χ0v) is 12.6. The molecule has 7 heteroatoms. The van der Waals surface area contributed by atoms with E-state index in [1.54, 1.807) is 42.5 Å². The van der Waals surface area contributed by atoms with Crippen molar-refractivity contribution >= 4 is 0 Å². The molecular formula is C16H18N2O5. The first-order chi connectivity index (χ1) is 11.3. The minimum atomic E-state index is -0.766. The van der Waals surface area contributed by atoms with Gasteiger partial charge in [-0.25, -0.2) is 4.98 Å². The van der Waals surface area contributed by atoms with Gasteiger partial charge in [-0.05, 0) is 24.3 Å². The molecule has 3 heterocycles. The molecule has 0 aliphatic carbocycles. The van der Waals surface area contributed by atoms with Gasteiger partial charge in [0.25, 0.3) is 0 Å². The second-order valence-electron chi connectivity index (χ2n) is 5.63. The fourth-order valence-corrected chi connectivity index (χ4v) is 3.09. The van der Waals surface area contributed by atoms with Gasteiger partial charge in [0.15, 0.2) is 12.4 Å². The Hall–Kier alpha value is -2.09. The monoisotopic (exact) mass is 318 g/mol. The normalized spacial score (nSPS) is 32.7. The average Bonchev–Trinajstić information content (AvgIpc) is 3.24. The minimum Gasteiger partial charge on any atom is -0.497 e. The Morgan fingerprint density at radius 1 is 1.26 bits per heavy atom. The number of rotatable bonds is 4. The summed E-state index contributed by atoms with van der Waals surface area (Å²) in [6, 6.07) is 6.85. The number of ether oxygens (including phenoxy) is 4. The van der Waals surface area contributed by atoms with Crippen molar-refractivity contribution in [3.8, 4) is 11.5 Å². The Morgan fingerprint density at radius 3 is 2.74 bits per heavy atom. The summed E-state index contributed by atoms with van der Waals surface area (Å²) in [4.78, 5) is 4.03. The van der Waals surface area contributed by atoms with Gasteiger partial charge in [-0.2, -0.15) is 0 Å². The van der Waals surface area contributed by atoms with Crippen LogP contribution in [0.25, 0.3) is 0 Å². The summed E-state index contributed by atoms with van der Waals surface area (Å²) in [7, 11) is 1.61. The van der Waals surface area contributed by atoms with E-state index in [1.807, 2.05) is 12.1 Å². The molecule has 2 fully saturated rings. The number of aromatic nitrogens is 2. The largest absolute Gasteiger partial charge is 0.497 e. The van der Waals surface area contributed by atoms with Gasteiger partial charge in [0.1, 0.15) is 29.7 Å². The highest BCUT2D eigenvalue weighted by atomic mass is 16.7. The molecule has 7 nitrogen and oxygen atoms in total. The number of hydrogen-bond donors (Lipinski definition) is 1. The van der Waals surface area contributed by atoms with Gasteiger partial charge < -0.3 is 28.6 Å². The second kappa shape index (κ2) is 5.84. The first-order valence-electron chi connectivity index (χ1n) is 7.49. The maximum absolute atomic E-state index is 10.8. The van der Waals surface area contributed by atoms with E-state index in [-0.39, 0.29) is 12.1 Å². The molecule has 2 bridgehead atoms. The van der Waals surface area contributed by atoms with E-state index >= 15 is 0 Å². The van der Waals surface area contributed by atoms with Crippen LogP contribution in [0.3, 0.4) is 0 Å². The smallest absolute Gasteiger partial charge is 0.181 e. The van der Waals surface area contributed by atoms with Crippen molar-refractivity contribution in [3.63, 3.8) is 0 Å². The third-order valence-electron chi connectivity index (χ3n) is 4.27. The van der Waals surface area contributed by atoms with Gasteiger partial charge in [-0.3, -0.25) is 0 Å². The van der Waals surface area contributed by atoms with Gasteiger partial charge in [0.05, 0.1) is 20.0 Å². The zero-order chi connectivity index (χ0) is 15.8. The van der Waals surface area contributed by atoms with Crippen LogP contribution in [0, 0.1) is 0 Å². The van der Waals surface area contributed by atoms with Crippen molar-refractivity contribution in [2.75, 3.05) is 13.7 Å². The molecule has 23 heavy (non-hydrogen) atoms.